The van der Waals surface area contributed by atoms with Crippen LogP contribution in [-0.4, -0.2) is 6.54 Å². The molecule has 0 spiro atoms. The summed E-state index contributed by atoms with van der Waals surface area (Å²) in [6, 6.07) is 0. The Labute approximate surface area is 38.5 Å². The van der Waals surface area contributed by atoms with Crippen LogP contribution in [0.2, 0.25) is 0 Å². The van der Waals surface area contributed by atoms with Crippen LogP contribution in [0.5, 0.6) is 0 Å². The van der Waals surface area contributed by atoms with Crippen LogP contribution in [-0.2, 0) is 18.6 Å². The van der Waals surface area contributed by atoms with Crippen molar-refractivity contribution in [2.45, 2.75) is 6.92 Å². The average Bonchev–Trinajstić information content (AvgIpc) is 0.918. The fourth-order valence-corrected chi connectivity index (χ4v) is 0. The van der Waals surface area contributed by atoms with Gasteiger partial charge in [-0.2, -0.15) is 6.54 Å². The van der Waals surface area contributed by atoms with Crippen LogP contribution in [0.3, 0.4) is 0 Å². The smallest absolute Gasteiger partial charge is 0 e. The summed E-state index contributed by atoms with van der Waals surface area (Å²) in [5.41, 5.74) is 6.21. The Bertz CT molecular complexity index is 6.00. The summed E-state index contributed by atoms with van der Waals surface area (Å²) in [7, 11) is 0. The third-order valence-electron chi connectivity index (χ3n) is 0. The molecule has 0 aliphatic carbocycles. The molecule has 0 aromatic heterocycles. The van der Waals surface area contributed by atoms with Gasteiger partial charge in [0.25, 0.3) is 0 Å². The molecule has 0 bridgehead atoms. The number of rotatable bonds is 0. The second kappa shape index (κ2) is 9.62. The van der Waals surface area contributed by atoms with Gasteiger partial charge in [0, 0.05) is 18.6 Å². The molecule has 0 aliphatic heterocycles. The van der Waals surface area contributed by atoms with E-state index in [1.807, 2.05) is 0 Å². The fraction of sp³-hybridized carbons (Fsp3) is 1.00. The zero-order valence-corrected chi connectivity index (χ0v) is 4.05. The zero-order valence-electron chi connectivity index (χ0n) is 2.65. The van der Waals surface area contributed by atoms with Crippen molar-refractivity contribution in [2.24, 2.45) is 0 Å². The fourth-order valence-electron chi connectivity index (χ4n) is 0. The predicted octanol–water partition coefficient (Wildman–Crippen LogP) is 1.06. The summed E-state index contributed by atoms with van der Waals surface area (Å²) < 4.78 is 0. The minimum atomic E-state index is 0. The average molecular weight is 95.0 g/mol. The van der Waals surface area contributed by atoms with E-state index >= 15 is 0 Å². The molecular weight excluding hydrogens is 89.0 g/mol. The summed E-state index contributed by atoms with van der Waals surface area (Å²) in [5.74, 6) is 0. The van der Waals surface area contributed by atoms with E-state index in [2.05, 4.69) is 0 Å². The molecule has 25 valence electrons. The van der Waals surface area contributed by atoms with Gasteiger partial charge in [-0.15, -0.1) is 0 Å². The van der Waals surface area contributed by atoms with Gasteiger partial charge in [-0.05, 0) is 0 Å². The van der Waals surface area contributed by atoms with E-state index in [0.717, 1.165) is 0 Å². The molecule has 2 heteroatoms. The topological polar surface area (TPSA) is 23.8 Å². The molecule has 0 aliphatic rings. The summed E-state index contributed by atoms with van der Waals surface area (Å²) in [6.45, 7) is 2.29. The van der Waals surface area contributed by atoms with Crippen molar-refractivity contribution in [3.8, 4) is 0 Å². The molecule has 0 unspecified atom stereocenters. The maximum absolute atomic E-state index is 6.21. The largest absolute Gasteiger partial charge is 0.678 e. The number of hydrogen-bond acceptors (Lipinski definition) is 0. The van der Waals surface area contributed by atoms with E-state index in [-0.39, 0.29) is 18.6 Å². The van der Waals surface area contributed by atoms with Crippen LogP contribution >= 0.6 is 0 Å². The van der Waals surface area contributed by atoms with Crippen molar-refractivity contribution < 1.29 is 18.6 Å². The second-order valence-electron chi connectivity index (χ2n) is 0.354. The molecule has 0 saturated carbocycles. The molecule has 4 heavy (non-hydrogen) atoms. The summed E-state index contributed by atoms with van der Waals surface area (Å²) in [6.07, 6.45) is 0. The van der Waals surface area contributed by atoms with Crippen LogP contribution < -0.4 is 0 Å². The Morgan fingerprint density at radius 2 is 1.75 bits per heavy atom. The molecule has 0 heterocycles. The van der Waals surface area contributed by atoms with Gasteiger partial charge < -0.3 is 5.73 Å². The first-order valence-corrected chi connectivity index (χ1v) is 1.06. The van der Waals surface area contributed by atoms with E-state index in [0.29, 0.717) is 6.54 Å². The number of nitrogens with one attached hydrogen (secondary N) is 1. The third-order valence-corrected chi connectivity index (χ3v) is 0. The molecule has 0 fully saturated rings. The van der Waals surface area contributed by atoms with Crippen molar-refractivity contribution in [1.82, 2.24) is 0 Å². The summed E-state index contributed by atoms with van der Waals surface area (Å²) >= 11 is 0. The third kappa shape index (κ3) is 20.5. The molecule has 0 amide bonds. The van der Waals surface area contributed by atoms with Gasteiger partial charge in [-0.3, -0.25) is 0 Å². The second-order valence-corrected chi connectivity index (χ2v) is 0.354. The summed E-state index contributed by atoms with van der Waals surface area (Å²) in [4.78, 5) is 0. The SMILES string of the molecule is CC[NH-].[V]. The van der Waals surface area contributed by atoms with Crippen LogP contribution in [0.4, 0.5) is 0 Å². The van der Waals surface area contributed by atoms with Crippen molar-refractivity contribution in [1.29, 1.82) is 0 Å². The maximum Gasteiger partial charge on any atom is 0 e. The van der Waals surface area contributed by atoms with Gasteiger partial charge in [-0.1, -0.05) is 6.92 Å². The van der Waals surface area contributed by atoms with Crippen LogP contribution in [0.1, 0.15) is 6.92 Å². The predicted molar refractivity (Wildman–Crippen MR) is 14.9 cm³/mol. The first-order valence-electron chi connectivity index (χ1n) is 1.06. The maximum atomic E-state index is 6.21. The quantitative estimate of drug-likeness (QED) is 0.429. The van der Waals surface area contributed by atoms with Gasteiger partial charge in [0.1, 0.15) is 0 Å². The minimum absolute atomic E-state index is 0. The Morgan fingerprint density at radius 1 is 1.75 bits per heavy atom. The van der Waals surface area contributed by atoms with Crippen molar-refractivity contribution in [3.05, 3.63) is 5.73 Å². The molecular formula is C2H6NV-. The normalized spacial score (nSPS) is 4.50. The minimum Gasteiger partial charge on any atom is -0.678 e. The Morgan fingerprint density at radius 3 is 1.75 bits per heavy atom. The van der Waals surface area contributed by atoms with Gasteiger partial charge in [0.15, 0.2) is 0 Å². The van der Waals surface area contributed by atoms with Gasteiger partial charge in [0.05, 0.1) is 0 Å². The van der Waals surface area contributed by atoms with Crippen molar-refractivity contribution >= 4 is 0 Å². The Kier molecular flexibility index (Phi) is 21.2. The van der Waals surface area contributed by atoms with Crippen LogP contribution in [0, 0.1) is 0 Å². The van der Waals surface area contributed by atoms with Crippen LogP contribution in [0.15, 0.2) is 0 Å². The zero-order chi connectivity index (χ0) is 2.71. The molecule has 0 aromatic carbocycles. The molecule has 1 nitrogen and oxygen atoms in total. The molecule has 0 atom stereocenters. The van der Waals surface area contributed by atoms with Crippen molar-refractivity contribution in [2.75, 3.05) is 6.54 Å². The number of hydrogen-bond donors (Lipinski definition) is 0. The monoisotopic (exact) mass is 95.0 g/mol. The van der Waals surface area contributed by atoms with Gasteiger partial charge >= 0.3 is 0 Å². The van der Waals surface area contributed by atoms with Crippen LogP contribution in [0.25, 0.3) is 5.73 Å². The molecule has 0 saturated heterocycles. The summed E-state index contributed by atoms with van der Waals surface area (Å²) in [5, 5.41) is 0. The Hall–Kier alpha value is 0.544. The van der Waals surface area contributed by atoms with E-state index in [1.54, 1.807) is 6.92 Å². The van der Waals surface area contributed by atoms with Crippen molar-refractivity contribution in [3.63, 3.8) is 0 Å². The van der Waals surface area contributed by atoms with Gasteiger partial charge in [0.2, 0.25) is 0 Å². The molecule has 0 rings (SSSR count). The molecule has 0 aromatic rings. The van der Waals surface area contributed by atoms with E-state index in [1.165, 1.54) is 0 Å². The van der Waals surface area contributed by atoms with Gasteiger partial charge in [-0.25, -0.2) is 0 Å². The van der Waals surface area contributed by atoms with E-state index in [4.69, 9.17) is 5.73 Å². The first-order chi connectivity index (χ1) is 1.41. The first kappa shape index (κ1) is 8.82. The standard InChI is InChI=1S/C2H6N.V/c1-2-3;/h3H,2H2,1H3;/q-1;. The Balaban J connectivity index is 0. The van der Waals surface area contributed by atoms with E-state index < -0.39 is 0 Å². The molecule has 1 radical (unpaired) electrons. The van der Waals surface area contributed by atoms with E-state index in [9.17, 15) is 0 Å². The molecule has 1 N–H and O–H groups in total.